The molecule has 11 heavy (non-hydrogen) atoms. The molecule has 0 spiro atoms. The minimum atomic E-state index is 0.885. The van der Waals surface area contributed by atoms with Gasteiger partial charge in [-0.15, -0.1) is 0 Å². The third-order valence-corrected chi connectivity index (χ3v) is 1.82. The van der Waals surface area contributed by atoms with Crippen LogP contribution in [-0.4, -0.2) is 31.2 Å². The first-order valence-electron chi connectivity index (χ1n) is 4.42. The number of hydrogen-bond acceptors (Lipinski definition) is 2. The molecule has 0 saturated carbocycles. The molecule has 1 aliphatic rings. The Morgan fingerprint density at radius 2 is 2.09 bits per heavy atom. The van der Waals surface area contributed by atoms with Gasteiger partial charge in [0.1, 0.15) is 0 Å². The van der Waals surface area contributed by atoms with Gasteiger partial charge in [0.2, 0.25) is 0 Å². The molecule has 2 heteroatoms. The van der Waals surface area contributed by atoms with E-state index >= 15 is 0 Å². The van der Waals surface area contributed by atoms with Crippen LogP contribution in [0, 0.1) is 0 Å². The lowest BCUT2D eigenvalue weighted by atomic mass is 10.3. The molecule has 0 aromatic rings. The van der Waals surface area contributed by atoms with E-state index in [2.05, 4.69) is 24.1 Å². The van der Waals surface area contributed by atoms with Crippen LogP contribution in [-0.2, 0) is 4.74 Å². The molecule has 0 amide bonds. The third-order valence-electron chi connectivity index (χ3n) is 1.82. The molecule has 1 aliphatic heterocycles. The molecule has 0 N–H and O–H groups in total. The van der Waals surface area contributed by atoms with Gasteiger partial charge in [0.05, 0.1) is 13.2 Å². The number of unbranched alkanes of at least 4 members (excludes halogenated alkanes) is 1. The van der Waals surface area contributed by atoms with Crippen LogP contribution in [0.4, 0.5) is 0 Å². The second-order valence-electron chi connectivity index (χ2n) is 2.82. The number of morpholine rings is 1. The molecule has 0 aliphatic carbocycles. The second-order valence-corrected chi connectivity index (χ2v) is 2.82. The minimum absolute atomic E-state index is 0.885. The SMILES string of the molecule is CCCC=CN1CCOCC1. The third kappa shape index (κ3) is 3.42. The zero-order valence-electron chi connectivity index (χ0n) is 7.25. The Labute approximate surface area is 68.8 Å². The fourth-order valence-corrected chi connectivity index (χ4v) is 1.12. The molecule has 2 nitrogen and oxygen atoms in total. The summed E-state index contributed by atoms with van der Waals surface area (Å²) in [4.78, 5) is 2.32. The summed E-state index contributed by atoms with van der Waals surface area (Å²) in [5.41, 5.74) is 0. The molecule has 0 unspecified atom stereocenters. The maximum atomic E-state index is 5.23. The smallest absolute Gasteiger partial charge is 0.0642 e. The average Bonchev–Trinajstić information content (AvgIpc) is 2.07. The zero-order chi connectivity index (χ0) is 7.94. The monoisotopic (exact) mass is 155 g/mol. The Kier molecular flexibility index (Phi) is 4.06. The zero-order valence-corrected chi connectivity index (χ0v) is 7.25. The van der Waals surface area contributed by atoms with Crippen molar-refractivity contribution < 1.29 is 4.74 Å². The lowest BCUT2D eigenvalue weighted by Crippen LogP contribution is -2.31. The summed E-state index contributed by atoms with van der Waals surface area (Å²) in [7, 11) is 0. The highest BCUT2D eigenvalue weighted by atomic mass is 16.5. The second kappa shape index (κ2) is 5.19. The molecule has 0 bridgehead atoms. The van der Waals surface area contributed by atoms with Gasteiger partial charge in [-0.25, -0.2) is 0 Å². The van der Waals surface area contributed by atoms with E-state index in [1.54, 1.807) is 0 Å². The molecule has 0 aromatic carbocycles. The van der Waals surface area contributed by atoms with E-state index in [9.17, 15) is 0 Å². The fourth-order valence-electron chi connectivity index (χ4n) is 1.12. The Morgan fingerprint density at radius 3 is 2.73 bits per heavy atom. The Balaban J connectivity index is 2.13. The summed E-state index contributed by atoms with van der Waals surface area (Å²) in [6, 6.07) is 0. The van der Waals surface area contributed by atoms with E-state index in [1.807, 2.05) is 0 Å². The van der Waals surface area contributed by atoms with Crippen molar-refractivity contribution in [2.75, 3.05) is 26.3 Å². The first-order valence-corrected chi connectivity index (χ1v) is 4.42. The van der Waals surface area contributed by atoms with Crippen LogP contribution < -0.4 is 0 Å². The molecule has 0 aromatic heterocycles. The number of rotatable bonds is 3. The quantitative estimate of drug-likeness (QED) is 0.614. The molecule has 1 rings (SSSR count). The highest BCUT2D eigenvalue weighted by Gasteiger charge is 2.03. The normalized spacial score (nSPS) is 19.5. The van der Waals surface area contributed by atoms with Crippen molar-refractivity contribution in [3.05, 3.63) is 12.3 Å². The van der Waals surface area contributed by atoms with E-state index in [4.69, 9.17) is 4.74 Å². The van der Waals surface area contributed by atoms with Gasteiger partial charge in [-0.1, -0.05) is 19.4 Å². The summed E-state index contributed by atoms with van der Waals surface area (Å²) in [6.07, 6.45) is 6.87. The first-order chi connectivity index (χ1) is 5.43. The molecule has 1 fully saturated rings. The number of ether oxygens (including phenoxy) is 1. The Hall–Kier alpha value is -0.500. The van der Waals surface area contributed by atoms with Gasteiger partial charge in [-0.3, -0.25) is 0 Å². The van der Waals surface area contributed by atoms with Crippen LogP contribution in [0.2, 0.25) is 0 Å². The molecule has 1 heterocycles. The van der Waals surface area contributed by atoms with Gasteiger partial charge in [0.15, 0.2) is 0 Å². The van der Waals surface area contributed by atoms with Crippen LogP contribution in [0.3, 0.4) is 0 Å². The molecular weight excluding hydrogens is 138 g/mol. The van der Waals surface area contributed by atoms with Gasteiger partial charge in [-0.05, 0) is 12.6 Å². The number of hydrogen-bond donors (Lipinski definition) is 0. The number of allylic oxidation sites excluding steroid dienone is 1. The predicted molar refractivity (Wildman–Crippen MR) is 46.4 cm³/mol. The van der Waals surface area contributed by atoms with Crippen molar-refractivity contribution in [1.29, 1.82) is 0 Å². The maximum Gasteiger partial charge on any atom is 0.0642 e. The molecule has 64 valence electrons. The summed E-state index contributed by atoms with van der Waals surface area (Å²) >= 11 is 0. The fraction of sp³-hybridized carbons (Fsp3) is 0.778. The topological polar surface area (TPSA) is 12.5 Å². The highest BCUT2D eigenvalue weighted by Crippen LogP contribution is 1.98. The molecular formula is C9H17NO. The van der Waals surface area contributed by atoms with Gasteiger partial charge < -0.3 is 9.64 Å². The van der Waals surface area contributed by atoms with E-state index in [0.717, 1.165) is 26.3 Å². The van der Waals surface area contributed by atoms with E-state index in [0.29, 0.717) is 0 Å². The van der Waals surface area contributed by atoms with Gasteiger partial charge in [-0.2, -0.15) is 0 Å². The summed E-state index contributed by atoms with van der Waals surface area (Å²) in [5, 5.41) is 0. The number of nitrogens with zero attached hydrogens (tertiary/aromatic N) is 1. The van der Waals surface area contributed by atoms with E-state index < -0.39 is 0 Å². The maximum absolute atomic E-state index is 5.23. The van der Waals surface area contributed by atoms with Crippen molar-refractivity contribution in [3.8, 4) is 0 Å². The van der Waals surface area contributed by atoms with E-state index in [1.165, 1.54) is 12.8 Å². The molecule has 0 radical (unpaired) electrons. The largest absolute Gasteiger partial charge is 0.378 e. The van der Waals surface area contributed by atoms with Crippen molar-refractivity contribution in [1.82, 2.24) is 4.90 Å². The molecule has 1 saturated heterocycles. The van der Waals surface area contributed by atoms with Gasteiger partial charge in [0, 0.05) is 13.1 Å². The highest BCUT2D eigenvalue weighted by molar-refractivity contribution is 4.83. The minimum Gasteiger partial charge on any atom is -0.378 e. The summed E-state index contributed by atoms with van der Waals surface area (Å²) in [5.74, 6) is 0. The Morgan fingerprint density at radius 1 is 1.36 bits per heavy atom. The van der Waals surface area contributed by atoms with Crippen LogP contribution in [0.15, 0.2) is 12.3 Å². The standard InChI is InChI=1S/C9H17NO/c1-2-3-4-5-10-6-8-11-9-7-10/h4-5H,2-3,6-9H2,1H3. The first kappa shape index (κ1) is 8.60. The summed E-state index contributed by atoms with van der Waals surface area (Å²) in [6.45, 7) is 6.08. The Bertz CT molecular complexity index is 117. The van der Waals surface area contributed by atoms with Crippen molar-refractivity contribution in [2.45, 2.75) is 19.8 Å². The van der Waals surface area contributed by atoms with Crippen LogP contribution in [0.5, 0.6) is 0 Å². The van der Waals surface area contributed by atoms with Crippen LogP contribution in [0.1, 0.15) is 19.8 Å². The lowest BCUT2D eigenvalue weighted by molar-refractivity contribution is 0.0593. The average molecular weight is 155 g/mol. The summed E-state index contributed by atoms with van der Waals surface area (Å²) < 4.78 is 5.23. The van der Waals surface area contributed by atoms with E-state index in [-0.39, 0.29) is 0 Å². The van der Waals surface area contributed by atoms with Crippen LogP contribution in [0.25, 0.3) is 0 Å². The van der Waals surface area contributed by atoms with Crippen LogP contribution >= 0.6 is 0 Å². The van der Waals surface area contributed by atoms with Crippen molar-refractivity contribution in [3.63, 3.8) is 0 Å². The lowest BCUT2D eigenvalue weighted by Gasteiger charge is -2.24. The van der Waals surface area contributed by atoms with Crippen molar-refractivity contribution >= 4 is 0 Å². The van der Waals surface area contributed by atoms with Gasteiger partial charge in [0.25, 0.3) is 0 Å². The van der Waals surface area contributed by atoms with Crippen molar-refractivity contribution in [2.24, 2.45) is 0 Å². The molecule has 0 atom stereocenters. The van der Waals surface area contributed by atoms with Gasteiger partial charge >= 0.3 is 0 Å². The predicted octanol–water partition coefficient (Wildman–Crippen LogP) is 1.63.